The van der Waals surface area contributed by atoms with Crippen molar-refractivity contribution >= 4 is 32.3 Å². The van der Waals surface area contributed by atoms with Crippen molar-refractivity contribution in [3.05, 3.63) is 23.3 Å². The molecule has 0 spiro atoms. The Morgan fingerprint density at radius 1 is 1.12 bits per heavy atom. The Kier molecular flexibility index (Phi) is 7.09. The number of sulfone groups is 1. The molecule has 1 aromatic carbocycles. The molecule has 1 heterocycles. The van der Waals surface area contributed by atoms with Crippen LogP contribution in [0, 0.1) is 13.8 Å². The normalized spacial score (nSPS) is 20.8. The SMILES string of the molecule is Cc1cc(S(C)(=O)=O)c(C)c(S(=O)(=O)N2CCCCC2C(C)N)c1.Cl. The maximum atomic E-state index is 13.2. The lowest BCUT2D eigenvalue weighted by Gasteiger charge is -2.37. The number of aryl methyl sites for hydroxylation is 1. The van der Waals surface area contributed by atoms with Crippen LogP contribution in [0.15, 0.2) is 21.9 Å². The Bertz CT molecular complexity index is 836. The van der Waals surface area contributed by atoms with Gasteiger partial charge in [0.15, 0.2) is 9.84 Å². The third kappa shape index (κ3) is 4.54. The Morgan fingerprint density at radius 3 is 2.20 bits per heavy atom. The lowest BCUT2D eigenvalue weighted by molar-refractivity contribution is 0.227. The predicted octanol–water partition coefficient (Wildman–Crippen LogP) is 2.02. The number of rotatable bonds is 4. The summed E-state index contributed by atoms with van der Waals surface area (Å²) in [5, 5.41) is 0. The van der Waals surface area contributed by atoms with Crippen LogP contribution in [-0.2, 0) is 19.9 Å². The fourth-order valence-corrected chi connectivity index (χ4v) is 6.57. The molecule has 2 atom stereocenters. The summed E-state index contributed by atoms with van der Waals surface area (Å²) >= 11 is 0. The van der Waals surface area contributed by atoms with Crippen molar-refractivity contribution in [1.82, 2.24) is 4.31 Å². The molecule has 0 radical (unpaired) electrons. The summed E-state index contributed by atoms with van der Waals surface area (Å²) in [6.45, 7) is 5.47. The van der Waals surface area contributed by atoms with Crippen LogP contribution in [0.1, 0.15) is 37.3 Å². The van der Waals surface area contributed by atoms with Crippen molar-refractivity contribution in [3.63, 3.8) is 0 Å². The van der Waals surface area contributed by atoms with Crippen molar-refractivity contribution in [2.24, 2.45) is 5.73 Å². The Labute approximate surface area is 157 Å². The highest BCUT2D eigenvalue weighted by Gasteiger charge is 2.36. The number of halogens is 1. The molecule has 1 aliphatic rings. The zero-order valence-electron chi connectivity index (χ0n) is 15.0. The largest absolute Gasteiger partial charge is 0.326 e. The molecule has 9 heteroatoms. The van der Waals surface area contributed by atoms with Gasteiger partial charge in [0.2, 0.25) is 10.0 Å². The fourth-order valence-electron chi connectivity index (χ4n) is 3.33. The second-order valence-electron chi connectivity index (χ2n) is 6.70. The van der Waals surface area contributed by atoms with Crippen molar-refractivity contribution in [1.29, 1.82) is 0 Å². The maximum Gasteiger partial charge on any atom is 0.243 e. The molecule has 144 valence electrons. The third-order valence-electron chi connectivity index (χ3n) is 4.55. The van der Waals surface area contributed by atoms with Gasteiger partial charge in [0.25, 0.3) is 0 Å². The Morgan fingerprint density at radius 2 is 1.68 bits per heavy atom. The van der Waals surface area contributed by atoms with E-state index >= 15 is 0 Å². The summed E-state index contributed by atoms with van der Waals surface area (Å²) < 4.78 is 51.9. The number of nitrogens with zero attached hydrogens (tertiary/aromatic N) is 1. The molecule has 1 aromatic rings. The van der Waals surface area contributed by atoms with E-state index in [4.69, 9.17) is 5.73 Å². The second kappa shape index (κ2) is 7.92. The zero-order chi connectivity index (χ0) is 18.3. The average molecular weight is 411 g/mol. The highest BCUT2D eigenvalue weighted by atomic mass is 35.5. The number of sulfonamides is 1. The highest BCUT2D eigenvalue weighted by Crippen LogP contribution is 2.31. The Balaban J connectivity index is 0.00000312. The van der Waals surface area contributed by atoms with E-state index < -0.39 is 19.9 Å². The van der Waals surface area contributed by atoms with Crippen LogP contribution < -0.4 is 5.73 Å². The zero-order valence-corrected chi connectivity index (χ0v) is 17.5. The van der Waals surface area contributed by atoms with Crippen molar-refractivity contribution in [3.8, 4) is 0 Å². The van der Waals surface area contributed by atoms with Crippen LogP contribution in [-0.4, -0.2) is 46.0 Å². The lowest BCUT2D eigenvalue weighted by Crippen LogP contribution is -2.51. The minimum Gasteiger partial charge on any atom is -0.326 e. The summed E-state index contributed by atoms with van der Waals surface area (Å²) in [7, 11) is -7.31. The molecule has 1 saturated heterocycles. The standard InChI is InChI=1S/C16H26N2O4S2.ClH/c1-11-9-15(23(4,19)20)12(2)16(10-11)24(21,22)18-8-6-5-7-14(18)13(3)17;/h9-10,13-14H,5-8,17H2,1-4H3;1H. The van der Waals surface area contributed by atoms with Gasteiger partial charge in [-0.15, -0.1) is 12.4 Å². The quantitative estimate of drug-likeness (QED) is 0.818. The molecule has 1 fully saturated rings. The van der Waals surface area contributed by atoms with E-state index in [0.29, 0.717) is 12.1 Å². The van der Waals surface area contributed by atoms with E-state index in [9.17, 15) is 16.8 Å². The first-order chi connectivity index (χ1) is 11.0. The van der Waals surface area contributed by atoms with E-state index in [1.54, 1.807) is 19.9 Å². The van der Waals surface area contributed by atoms with Gasteiger partial charge in [0, 0.05) is 24.9 Å². The summed E-state index contributed by atoms with van der Waals surface area (Å²) in [6, 6.07) is 2.53. The molecule has 2 N–H and O–H groups in total. The summed E-state index contributed by atoms with van der Waals surface area (Å²) in [5.41, 5.74) is 6.88. The number of nitrogens with two attached hydrogens (primary N) is 1. The molecule has 1 aliphatic heterocycles. The maximum absolute atomic E-state index is 13.2. The van der Waals surface area contributed by atoms with Crippen LogP contribution >= 0.6 is 12.4 Å². The van der Waals surface area contributed by atoms with Gasteiger partial charge >= 0.3 is 0 Å². The van der Waals surface area contributed by atoms with E-state index in [1.807, 2.05) is 6.92 Å². The molecule has 0 amide bonds. The molecule has 2 rings (SSSR count). The van der Waals surface area contributed by atoms with Crippen LogP contribution in [0.2, 0.25) is 0 Å². The topological polar surface area (TPSA) is 97.5 Å². The minimum atomic E-state index is -3.80. The van der Waals surface area contributed by atoms with Crippen LogP contribution in [0.4, 0.5) is 0 Å². The van der Waals surface area contributed by atoms with E-state index in [-0.39, 0.29) is 39.8 Å². The number of hydrogen-bond donors (Lipinski definition) is 1. The second-order valence-corrected chi connectivity index (χ2v) is 10.5. The Hall–Kier alpha value is -0.670. The molecule has 0 bridgehead atoms. The smallest absolute Gasteiger partial charge is 0.243 e. The molecule has 0 saturated carbocycles. The molecule has 0 aliphatic carbocycles. The van der Waals surface area contributed by atoms with Gasteiger partial charge in [0.1, 0.15) is 0 Å². The monoisotopic (exact) mass is 410 g/mol. The van der Waals surface area contributed by atoms with Crippen molar-refractivity contribution < 1.29 is 16.8 Å². The van der Waals surface area contributed by atoms with E-state index in [2.05, 4.69) is 0 Å². The van der Waals surface area contributed by atoms with Crippen LogP contribution in [0.5, 0.6) is 0 Å². The van der Waals surface area contributed by atoms with Gasteiger partial charge in [-0.25, -0.2) is 16.8 Å². The molecular formula is C16H27ClN2O4S2. The summed E-state index contributed by atoms with van der Waals surface area (Å²) in [4.78, 5) is 0.130. The average Bonchev–Trinajstić information content (AvgIpc) is 2.48. The molecule has 25 heavy (non-hydrogen) atoms. The number of piperidine rings is 1. The van der Waals surface area contributed by atoms with Gasteiger partial charge in [-0.3, -0.25) is 0 Å². The first-order valence-corrected chi connectivity index (χ1v) is 11.4. The highest BCUT2D eigenvalue weighted by molar-refractivity contribution is 7.91. The van der Waals surface area contributed by atoms with Crippen molar-refractivity contribution in [2.45, 2.75) is 61.9 Å². The molecule has 6 nitrogen and oxygen atoms in total. The number of hydrogen-bond acceptors (Lipinski definition) is 5. The summed E-state index contributed by atoms with van der Waals surface area (Å²) in [6.07, 6.45) is 3.55. The third-order valence-corrected chi connectivity index (χ3v) is 7.82. The first kappa shape index (κ1) is 22.4. The number of benzene rings is 1. The van der Waals surface area contributed by atoms with Gasteiger partial charge in [0.05, 0.1) is 9.79 Å². The minimum absolute atomic E-state index is 0. The molecule has 2 unspecified atom stereocenters. The van der Waals surface area contributed by atoms with E-state index in [1.165, 1.54) is 10.4 Å². The molecule has 0 aromatic heterocycles. The first-order valence-electron chi connectivity index (χ1n) is 8.05. The van der Waals surface area contributed by atoms with Gasteiger partial charge in [-0.2, -0.15) is 4.31 Å². The van der Waals surface area contributed by atoms with E-state index in [0.717, 1.165) is 25.5 Å². The van der Waals surface area contributed by atoms with Crippen LogP contribution in [0.3, 0.4) is 0 Å². The lowest BCUT2D eigenvalue weighted by atomic mass is 10.00. The van der Waals surface area contributed by atoms with Gasteiger partial charge in [-0.05, 0) is 56.9 Å². The fraction of sp³-hybridized carbons (Fsp3) is 0.625. The van der Waals surface area contributed by atoms with Crippen molar-refractivity contribution in [2.75, 3.05) is 12.8 Å². The van der Waals surface area contributed by atoms with Crippen LogP contribution in [0.25, 0.3) is 0 Å². The van der Waals surface area contributed by atoms with Gasteiger partial charge < -0.3 is 5.73 Å². The molecular weight excluding hydrogens is 384 g/mol. The predicted molar refractivity (Wildman–Crippen MR) is 101 cm³/mol. The summed E-state index contributed by atoms with van der Waals surface area (Å²) in [5.74, 6) is 0. The van der Waals surface area contributed by atoms with Gasteiger partial charge in [-0.1, -0.05) is 6.42 Å².